The van der Waals surface area contributed by atoms with Gasteiger partial charge in [0.15, 0.2) is 12.2 Å². The van der Waals surface area contributed by atoms with Crippen LogP contribution in [0.5, 0.6) is 0 Å². The lowest BCUT2D eigenvalue weighted by Crippen LogP contribution is -2.30. The van der Waals surface area contributed by atoms with Crippen LogP contribution in [0.25, 0.3) is 0 Å². The summed E-state index contributed by atoms with van der Waals surface area (Å²) in [7, 11) is -9.95. The van der Waals surface area contributed by atoms with E-state index in [4.69, 9.17) is 37.0 Å². The van der Waals surface area contributed by atoms with E-state index in [-0.39, 0.29) is 25.7 Å². The molecule has 0 aliphatic carbocycles. The lowest BCUT2D eigenvalue weighted by atomic mass is 10.1. The minimum Gasteiger partial charge on any atom is -0.462 e. The Morgan fingerprint density at radius 3 is 0.810 bits per heavy atom. The number of phosphoric acid groups is 2. The molecule has 17 nitrogen and oxygen atoms in total. The number of rotatable bonds is 76. The average Bonchev–Trinajstić information content (AvgIpc) is 0.985. The number of esters is 4. The van der Waals surface area contributed by atoms with Gasteiger partial charge >= 0.3 is 39.5 Å². The number of hydrogen-bond acceptors (Lipinski definition) is 15. The SMILES string of the molecule is CC/C=C\C/C=C\C/C=C\C/C=C\CCCCCCCCC(=O)OCC(COP(=O)(O)OCC(O)COP(=O)(O)OCC(COC(=O)CCCCCCC/C=C\CCCCCCCC)OC(=O)CCCCCCCCCCCCC)OC(=O)CCCCCCC/C=C\CCCCCCCC. The molecule has 0 aromatic rings. The minimum atomic E-state index is -4.98. The standard InChI is InChI=1S/C81H146O17P2/c1-5-9-13-17-21-25-29-32-35-36-37-38-41-43-47-50-54-58-62-66-79(84)92-72-77(98-81(86)68-64-60-56-52-48-44-40-34-31-27-23-19-15-11-7-3)74-96-100(89,90)94-70-75(82)69-93-99(87,88)95-73-76(97-80(85)67-63-59-55-51-45-28-24-20-16-12-8-4)71-91-78(83)65-61-57-53-49-46-42-39-33-30-26-22-18-14-10-6-2/h9,13,21,25,32-35,37-40,75-77,82H,5-8,10-12,14-20,22-24,26-31,36,41-74H2,1-4H3,(H,87,88)(H,89,90)/b13-9-,25-21-,35-32-,38-37-,39-33-,40-34-. The summed E-state index contributed by atoms with van der Waals surface area (Å²) in [5.74, 6) is -2.18. The Kier molecular flexibility index (Phi) is 71.2. The maximum Gasteiger partial charge on any atom is 0.472 e. The van der Waals surface area contributed by atoms with Gasteiger partial charge in [0, 0.05) is 25.7 Å². The number of aliphatic hydroxyl groups is 1. The van der Waals surface area contributed by atoms with Gasteiger partial charge in [-0.15, -0.1) is 0 Å². The van der Waals surface area contributed by atoms with Gasteiger partial charge in [-0.25, -0.2) is 9.13 Å². The molecule has 100 heavy (non-hydrogen) atoms. The molecule has 0 rings (SSSR count). The van der Waals surface area contributed by atoms with Crippen LogP contribution >= 0.6 is 15.6 Å². The van der Waals surface area contributed by atoms with Gasteiger partial charge in [-0.1, -0.05) is 293 Å². The van der Waals surface area contributed by atoms with Crippen molar-refractivity contribution in [3.05, 3.63) is 72.9 Å². The molecule has 0 saturated heterocycles. The third-order valence-electron chi connectivity index (χ3n) is 17.2. The van der Waals surface area contributed by atoms with Crippen LogP contribution in [0, 0.1) is 0 Å². The Morgan fingerprint density at radius 1 is 0.290 bits per heavy atom. The van der Waals surface area contributed by atoms with E-state index in [0.29, 0.717) is 25.7 Å². The summed E-state index contributed by atoms with van der Waals surface area (Å²) >= 11 is 0. The molecule has 19 heteroatoms. The summed E-state index contributed by atoms with van der Waals surface area (Å²) in [5, 5.41) is 10.6. The molecule has 3 N–H and O–H groups in total. The molecule has 5 atom stereocenters. The van der Waals surface area contributed by atoms with Crippen LogP contribution in [0.4, 0.5) is 0 Å². The first-order valence-electron chi connectivity index (χ1n) is 40.2. The van der Waals surface area contributed by atoms with E-state index in [9.17, 15) is 43.2 Å². The van der Waals surface area contributed by atoms with Crippen molar-refractivity contribution in [3.8, 4) is 0 Å². The van der Waals surface area contributed by atoms with E-state index in [1.54, 1.807) is 0 Å². The first kappa shape index (κ1) is 96.5. The van der Waals surface area contributed by atoms with Gasteiger partial charge in [0.2, 0.25) is 0 Å². The lowest BCUT2D eigenvalue weighted by molar-refractivity contribution is -0.161. The number of hydrogen-bond donors (Lipinski definition) is 3. The summed E-state index contributed by atoms with van der Waals surface area (Å²) < 4.78 is 68.6. The number of ether oxygens (including phenoxy) is 4. The monoisotopic (exact) mass is 1450 g/mol. The van der Waals surface area contributed by atoms with Crippen molar-refractivity contribution in [2.45, 2.75) is 380 Å². The molecule has 5 unspecified atom stereocenters. The van der Waals surface area contributed by atoms with Gasteiger partial charge in [0.25, 0.3) is 0 Å². The fraction of sp³-hybridized carbons (Fsp3) is 0.802. The number of phosphoric ester groups is 2. The van der Waals surface area contributed by atoms with Crippen LogP contribution in [-0.2, 0) is 65.4 Å². The first-order valence-corrected chi connectivity index (χ1v) is 43.2. The molecule has 0 amide bonds. The Balaban J connectivity index is 5.31. The number of unbranched alkanes of at least 4 members (excludes halogenated alkanes) is 38. The van der Waals surface area contributed by atoms with Crippen LogP contribution < -0.4 is 0 Å². The molecule has 0 aliphatic heterocycles. The minimum absolute atomic E-state index is 0.0843. The maximum absolute atomic E-state index is 13.1. The van der Waals surface area contributed by atoms with Gasteiger partial charge < -0.3 is 33.8 Å². The molecular weight excluding hydrogens is 1310 g/mol. The van der Waals surface area contributed by atoms with Crippen molar-refractivity contribution in [1.82, 2.24) is 0 Å². The van der Waals surface area contributed by atoms with Crippen molar-refractivity contribution in [2.75, 3.05) is 39.6 Å². The Bertz CT molecular complexity index is 2180. The molecule has 0 aromatic carbocycles. The fourth-order valence-corrected chi connectivity index (χ4v) is 12.6. The third kappa shape index (κ3) is 72.8. The molecule has 0 radical (unpaired) electrons. The third-order valence-corrected chi connectivity index (χ3v) is 19.1. The highest BCUT2D eigenvalue weighted by Gasteiger charge is 2.30. The largest absolute Gasteiger partial charge is 0.472 e. The predicted octanol–water partition coefficient (Wildman–Crippen LogP) is 23.2. The van der Waals surface area contributed by atoms with Gasteiger partial charge in [0.1, 0.15) is 19.3 Å². The van der Waals surface area contributed by atoms with Crippen molar-refractivity contribution in [2.24, 2.45) is 0 Å². The summed E-state index contributed by atoms with van der Waals surface area (Å²) in [4.78, 5) is 72.9. The molecule has 0 spiro atoms. The molecular formula is C81H146O17P2. The summed E-state index contributed by atoms with van der Waals surface area (Å²) in [6.45, 7) is 4.77. The second-order valence-corrected chi connectivity index (χ2v) is 29.9. The zero-order valence-electron chi connectivity index (χ0n) is 63.6. The van der Waals surface area contributed by atoms with Crippen LogP contribution in [-0.4, -0.2) is 96.7 Å². The zero-order valence-corrected chi connectivity index (χ0v) is 65.4. The van der Waals surface area contributed by atoms with Crippen LogP contribution in [0.3, 0.4) is 0 Å². The zero-order chi connectivity index (χ0) is 73.2. The van der Waals surface area contributed by atoms with Gasteiger partial charge in [-0.2, -0.15) is 0 Å². The van der Waals surface area contributed by atoms with Crippen molar-refractivity contribution in [3.63, 3.8) is 0 Å². The highest BCUT2D eigenvalue weighted by atomic mass is 31.2. The number of allylic oxidation sites excluding steroid dienone is 12. The van der Waals surface area contributed by atoms with Crippen molar-refractivity contribution in [1.29, 1.82) is 0 Å². The van der Waals surface area contributed by atoms with E-state index >= 15 is 0 Å². The number of carbonyl (C=O) groups excluding carboxylic acids is 4. The maximum atomic E-state index is 13.1. The predicted molar refractivity (Wildman–Crippen MR) is 409 cm³/mol. The smallest absolute Gasteiger partial charge is 0.462 e. The molecule has 0 aromatic heterocycles. The van der Waals surface area contributed by atoms with Crippen molar-refractivity contribution < 1.29 is 80.2 Å². The normalized spacial score (nSPS) is 14.3. The van der Waals surface area contributed by atoms with E-state index in [1.165, 1.54) is 116 Å². The molecule has 0 heterocycles. The summed E-state index contributed by atoms with van der Waals surface area (Å²) in [5.41, 5.74) is 0. The van der Waals surface area contributed by atoms with E-state index in [2.05, 4.69) is 101 Å². The van der Waals surface area contributed by atoms with E-state index in [0.717, 1.165) is 167 Å². The van der Waals surface area contributed by atoms with Gasteiger partial charge in [0.05, 0.1) is 26.4 Å². The fourth-order valence-electron chi connectivity index (χ4n) is 11.0. The molecule has 582 valence electrons. The highest BCUT2D eigenvalue weighted by molar-refractivity contribution is 7.47. The molecule has 0 bridgehead atoms. The van der Waals surface area contributed by atoms with Crippen molar-refractivity contribution >= 4 is 39.5 Å². The van der Waals surface area contributed by atoms with Gasteiger partial charge in [-0.05, 0) is 116 Å². The Hall–Kier alpha value is -3.50. The van der Waals surface area contributed by atoms with Crippen LogP contribution in [0.15, 0.2) is 72.9 Å². The lowest BCUT2D eigenvalue weighted by Gasteiger charge is -2.21. The quantitative estimate of drug-likeness (QED) is 0.0169. The Labute approximate surface area is 609 Å². The second-order valence-electron chi connectivity index (χ2n) is 27.0. The van der Waals surface area contributed by atoms with Crippen LogP contribution in [0.1, 0.15) is 362 Å². The highest BCUT2D eigenvalue weighted by Crippen LogP contribution is 2.45. The molecule has 0 aliphatic rings. The summed E-state index contributed by atoms with van der Waals surface area (Å²) in [6.07, 6.45) is 74.5. The molecule has 0 fully saturated rings. The number of aliphatic hydroxyl groups excluding tert-OH is 1. The first-order chi connectivity index (χ1) is 48.7. The van der Waals surface area contributed by atoms with Gasteiger partial charge in [-0.3, -0.25) is 37.3 Å². The van der Waals surface area contributed by atoms with Crippen LogP contribution in [0.2, 0.25) is 0 Å². The van der Waals surface area contributed by atoms with E-state index in [1.807, 2.05) is 0 Å². The number of carbonyl (C=O) groups is 4. The second kappa shape index (κ2) is 73.8. The summed E-state index contributed by atoms with van der Waals surface area (Å²) in [6, 6.07) is 0. The topological polar surface area (TPSA) is 237 Å². The molecule has 0 saturated carbocycles. The van der Waals surface area contributed by atoms with E-state index < -0.39 is 97.5 Å². The Morgan fingerprint density at radius 2 is 0.520 bits per heavy atom. The average molecular weight is 1450 g/mol.